The molecule has 1 aromatic rings. The van der Waals surface area contributed by atoms with Crippen LogP contribution in [-0.2, 0) is 0 Å². The molecule has 1 aromatic carbocycles. The average Bonchev–Trinajstić information content (AvgIpc) is 2.82. The summed E-state index contributed by atoms with van der Waals surface area (Å²) in [5, 5.41) is 3.69. The highest BCUT2D eigenvalue weighted by Crippen LogP contribution is 2.18. The maximum atomic E-state index is 11.9. The molecule has 1 N–H and O–H groups in total. The third kappa shape index (κ3) is 3.13. The molecule has 1 saturated heterocycles. The van der Waals surface area contributed by atoms with Crippen molar-refractivity contribution in [1.29, 1.82) is 0 Å². The van der Waals surface area contributed by atoms with Gasteiger partial charge in [-0.2, -0.15) is 0 Å². The van der Waals surface area contributed by atoms with E-state index < -0.39 is 0 Å². The van der Waals surface area contributed by atoms with E-state index in [2.05, 4.69) is 5.32 Å². The van der Waals surface area contributed by atoms with E-state index in [0.717, 1.165) is 31.5 Å². The van der Waals surface area contributed by atoms with E-state index in [-0.39, 0.29) is 12.1 Å². The van der Waals surface area contributed by atoms with Crippen LogP contribution >= 0.6 is 11.6 Å². The maximum absolute atomic E-state index is 11.9. The fraction of sp³-hybridized carbons (Fsp3) is 0.462. The van der Waals surface area contributed by atoms with E-state index in [4.69, 9.17) is 11.6 Å². The first-order valence-corrected chi connectivity index (χ1v) is 6.35. The molecular formula is C13H17ClN2O. The Morgan fingerprint density at radius 1 is 1.41 bits per heavy atom. The lowest BCUT2D eigenvalue weighted by molar-refractivity contribution is 0.205. The zero-order chi connectivity index (χ0) is 12.3. The Hall–Kier alpha value is -1.22. The predicted octanol–water partition coefficient (Wildman–Crippen LogP) is 3.21. The summed E-state index contributed by atoms with van der Waals surface area (Å²) in [5.41, 5.74) is 1.03. The Balaban J connectivity index is 1.96. The van der Waals surface area contributed by atoms with E-state index in [1.165, 1.54) is 0 Å². The number of amides is 2. The summed E-state index contributed by atoms with van der Waals surface area (Å²) in [7, 11) is 0. The first-order valence-electron chi connectivity index (χ1n) is 5.98. The standard InChI is InChI=1S/C13H17ClN2O/c1-10(11-5-4-6-12(14)9-11)15-13(17)16-7-2-3-8-16/h4-6,9-10H,2-3,7-8H2,1H3,(H,15,17). The molecule has 4 heteroatoms. The number of carbonyl (C=O) groups is 1. The molecule has 1 unspecified atom stereocenters. The number of rotatable bonds is 2. The zero-order valence-electron chi connectivity index (χ0n) is 9.95. The van der Waals surface area contributed by atoms with Crippen molar-refractivity contribution in [3.8, 4) is 0 Å². The van der Waals surface area contributed by atoms with Gasteiger partial charge in [-0.1, -0.05) is 23.7 Å². The van der Waals surface area contributed by atoms with Crippen LogP contribution in [0.3, 0.4) is 0 Å². The zero-order valence-corrected chi connectivity index (χ0v) is 10.7. The van der Waals surface area contributed by atoms with Gasteiger partial charge in [-0.3, -0.25) is 0 Å². The van der Waals surface area contributed by atoms with Crippen molar-refractivity contribution < 1.29 is 4.79 Å². The smallest absolute Gasteiger partial charge is 0.317 e. The minimum absolute atomic E-state index is 0.0122. The molecule has 0 saturated carbocycles. The van der Waals surface area contributed by atoms with Crippen LogP contribution in [0.2, 0.25) is 5.02 Å². The number of nitrogens with zero attached hydrogens (tertiary/aromatic N) is 1. The summed E-state index contributed by atoms with van der Waals surface area (Å²) in [6.45, 7) is 3.71. The summed E-state index contributed by atoms with van der Waals surface area (Å²) >= 11 is 5.93. The number of benzene rings is 1. The molecule has 1 aliphatic heterocycles. The number of hydrogen-bond donors (Lipinski definition) is 1. The van der Waals surface area contributed by atoms with Crippen LogP contribution in [0.4, 0.5) is 4.79 Å². The maximum Gasteiger partial charge on any atom is 0.317 e. The number of carbonyl (C=O) groups excluding carboxylic acids is 1. The second-order valence-corrected chi connectivity index (χ2v) is 4.86. The summed E-state index contributed by atoms with van der Waals surface area (Å²) in [6.07, 6.45) is 2.22. The third-order valence-corrected chi connectivity index (χ3v) is 3.32. The average molecular weight is 253 g/mol. The van der Waals surface area contributed by atoms with Gasteiger partial charge in [0.15, 0.2) is 0 Å². The topological polar surface area (TPSA) is 32.3 Å². The van der Waals surface area contributed by atoms with Gasteiger partial charge in [0.2, 0.25) is 0 Å². The Labute approximate surface area is 107 Å². The van der Waals surface area contributed by atoms with E-state index in [1.807, 2.05) is 36.1 Å². The van der Waals surface area contributed by atoms with E-state index >= 15 is 0 Å². The van der Waals surface area contributed by atoms with Crippen LogP contribution < -0.4 is 5.32 Å². The van der Waals surface area contributed by atoms with Crippen molar-refractivity contribution >= 4 is 17.6 Å². The number of halogens is 1. The Kier molecular flexibility index (Phi) is 3.89. The molecule has 0 spiro atoms. The van der Waals surface area contributed by atoms with Crippen molar-refractivity contribution in [1.82, 2.24) is 10.2 Å². The second kappa shape index (κ2) is 5.41. The first-order chi connectivity index (χ1) is 8.16. The van der Waals surface area contributed by atoms with Crippen molar-refractivity contribution in [2.24, 2.45) is 0 Å². The third-order valence-electron chi connectivity index (χ3n) is 3.08. The highest BCUT2D eigenvalue weighted by molar-refractivity contribution is 6.30. The first kappa shape index (κ1) is 12.2. The molecule has 2 rings (SSSR count). The van der Waals surface area contributed by atoms with E-state index in [9.17, 15) is 4.79 Å². The molecule has 2 amide bonds. The lowest BCUT2D eigenvalue weighted by atomic mass is 10.1. The lowest BCUT2D eigenvalue weighted by Gasteiger charge is -2.20. The van der Waals surface area contributed by atoms with Gasteiger partial charge in [0.25, 0.3) is 0 Å². The monoisotopic (exact) mass is 252 g/mol. The molecule has 17 heavy (non-hydrogen) atoms. The molecule has 0 aliphatic carbocycles. The number of hydrogen-bond acceptors (Lipinski definition) is 1. The Morgan fingerprint density at radius 2 is 2.12 bits per heavy atom. The molecule has 92 valence electrons. The Bertz CT molecular complexity index is 402. The van der Waals surface area contributed by atoms with Gasteiger partial charge in [-0.05, 0) is 37.5 Å². The van der Waals surface area contributed by atoms with Gasteiger partial charge in [0, 0.05) is 18.1 Å². The quantitative estimate of drug-likeness (QED) is 0.861. The number of likely N-dealkylation sites (tertiary alicyclic amines) is 1. The summed E-state index contributed by atoms with van der Waals surface area (Å²) in [5.74, 6) is 0. The Morgan fingerprint density at radius 3 is 2.76 bits per heavy atom. The van der Waals surface area contributed by atoms with E-state index in [0.29, 0.717) is 5.02 Å². The van der Waals surface area contributed by atoms with Crippen LogP contribution in [-0.4, -0.2) is 24.0 Å². The number of urea groups is 1. The minimum Gasteiger partial charge on any atom is -0.331 e. The molecule has 0 bridgehead atoms. The van der Waals surface area contributed by atoms with Crippen LogP contribution in [0.25, 0.3) is 0 Å². The minimum atomic E-state index is -0.0122. The van der Waals surface area contributed by atoms with E-state index in [1.54, 1.807) is 0 Å². The fourth-order valence-electron chi connectivity index (χ4n) is 2.06. The fourth-order valence-corrected chi connectivity index (χ4v) is 2.25. The van der Waals surface area contributed by atoms with Crippen LogP contribution in [0.5, 0.6) is 0 Å². The van der Waals surface area contributed by atoms with Crippen molar-refractivity contribution in [3.05, 3.63) is 34.9 Å². The molecule has 0 radical (unpaired) electrons. The highest BCUT2D eigenvalue weighted by atomic mass is 35.5. The predicted molar refractivity (Wildman–Crippen MR) is 69.2 cm³/mol. The second-order valence-electron chi connectivity index (χ2n) is 4.42. The van der Waals surface area contributed by atoms with Gasteiger partial charge >= 0.3 is 6.03 Å². The molecule has 0 aromatic heterocycles. The molecular weight excluding hydrogens is 236 g/mol. The largest absolute Gasteiger partial charge is 0.331 e. The molecule has 3 nitrogen and oxygen atoms in total. The lowest BCUT2D eigenvalue weighted by Crippen LogP contribution is -2.39. The molecule has 1 heterocycles. The van der Waals surface area contributed by atoms with Gasteiger partial charge in [0.05, 0.1) is 6.04 Å². The van der Waals surface area contributed by atoms with Crippen LogP contribution in [0, 0.1) is 0 Å². The highest BCUT2D eigenvalue weighted by Gasteiger charge is 2.19. The van der Waals surface area contributed by atoms with Crippen molar-refractivity contribution in [2.45, 2.75) is 25.8 Å². The van der Waals surface area contributed by atoms with Crippen molar-refractivity contribution in [2.75, 3.05) is 13.1 Å². The van der Waals surface area contributed by atoms with Crippen molar-refractivity contribution in [3.63, 3.8) is 0 Å². The normalized spacial score (nSPS) is 16.9. The number of nitrogens with one attached hydrogen (secondary N) is 1. The SMILES string of the molecule is CC(NC(=O)N1CCCC1)c1cccc(Cl)c1. The molecule has 1 aliphatic rings. The molecule has 1 fully saturated rings. The molecule has 1 atom stereocenters. The van der Waals surface area contributed by atoms with Crippen LogP contribution in [0.15, 0.2) is 24.3 Å². The van der Waals surface area contributed by atoms with Gasteiger partial charge in [-0.15, -0.1) is 0 Å². The van der Waals surface area contributed by atoms with Gasteiger partial charge < -0.3 is 10.2 Å². The summed E-state index contributed by atoms with van der Waals surface area (Å²) < 4.78 is 0. The summed E-state index contributed by atoms with van der Waals surface area (Å²) in [6, 6.07) is 7.60. The van der Waals surface area contributed by atoms with Gasteiger partial charge in [-0.25, -0.2) is 4.79 Å². The summed E-state index contributed by atoms with van der Waals surface area (Å²) in [4.78, 5) is 13.8. The van der Waals surface area contributed by atoms with Crippen LogP contribution in [0.1, 0.15) is 31.4 Å². The van der Waals surface area contributed by atoms with Gasteiger partial charge in [0.1, 0.15) is 0 Å².